The van der Waals surface area contributed by atoms with Gasteiger partial charge in [0.05, 0.1) is 5.02 Å². The van der Waals surface area contributed by atoms with Crippen LogP contribution in [-0.2, 0) is 4.79 Å². The summed E-state index contributed by atoms with van der Waals surface area (Å²) in [7, 11) is 0. The van der Waals surface area contributed by atoms with E-state index in [1.807, 2.05) is 0 Å². The van der Waals surface area contributed by atoms with E-state index in [4.69, 9.17) is 27.9 Å². The molecule has 0 fully saturated rings. The summed E-state index contributed by atoms with van der Waals surface area (Å²) in [5.41, 5.74) is 0.633. The maximum absolute atomic E-state index is 11.3. The minimum absolute atomic E-state index is 0.000693. The maximum atomic E-state index is 11.3. The Morgan fingerprint density at radius 1 is 1.10 bits per heavy atom. The molecule has 0 bridgehead atoms. The van der Waals surface area contributed by atoms with Gasteiger partial charge in [0.25, 0.3) is 0 Å². The molecule has 1 atom stereocenters. The van der Waals surface area contributed by atoms with E-state index >= 15 is 0 Å². The molecule has 0 saturated heterocycles. The van der Waals surface area contributed by atoms with Crippen molar-refractivity contribution in [3.63, 3.8) is 0 Å². The molecule has 1 unspecified atom stereocenters. The van der Waals surface area contributed by atoms with Crippen LogP contribution >= 0.6 is 23.2 Å². The fraction of sp³-hybridized carbons (Fsp3) is 0.133. The van der Waals surface area contributed by atoms with Crippen LogP contribution in [0.3, 0.4) is 0 Å². The number of hydrogen-bond donors (Lipinski definition) is 1. The van der Waals surface area contributed by atoms with Crippen LogP contribution in [-0.4, -0.2) is 17.7 Å². The number of ether oxygens (including phenoxy) is 1. The number of benzene rings is 2. The number of halogens is 2. The van der Waals surface area contributed by atoms with Crippen molar-refractivity contribution in [1.82, 2.24) is 0 Å². The van der Waals surface area contributed by atoms with E-state index in [2.05, 4.69) is 0 Å². The summed E-state index contributed by atoms with van der Waals surface area (Å²) < 4.78 is 5.50. The Hall–Kier alpha value is -1.71. The summed E-state index contributed by atoms with van der Waals surface area (Å²) >= 11 is 11.8. The molecule has 5 heteroatoms. The van der Waals surface area contributed by atoms with Gasteiger partial charge in [0.2, 0.25) is 0 Å². The Bertz CT molecular complexity index is 596. The van der Waals surface area contributed by atoms with E-state index in [1.165, 1.54) is 0 Å². The second kappa shape index (κ2) is 6.64. The van der Waals surface area contributed by atoms with Gasteiger partial charge in [-0.15, -0.1) is 0 Å². The van der Waals surface area contributed by atoms with Crippen molar-refractivity contribution in [1.29, 1.82) is 0 Å². The van der Waals surface area contributed by atoms with Gasteiger partial charge in [-0.1, -0.05) is 47.5 Å². The summed E-state index contributed by atoms with van der Waals surface area (Å²) in [6, 6.07) is 13.6. The molecule has 0 aliphatic heterocycles. The molecular weight excluding hydrogens is 299 g/mol. The first kappa shape index (κ1) is 14.7. The third-order valence-corrected chi connectivity index (χ3v) is 3.38. The lowest BCUT2D eigenvalue weighted by atomic mass is 10.0. The molecule has 20 heavy (non-hydrogen) atoms. The Balaban J connectivity index is 2.13. The highest BCUT2D eigenvalue weighted by atomic mass is 35.5. The fourth-order valence-electron chi connectivity index (χ4n) is 1.74. The quantitative estimate of drug-likeness (QED) is 0.898. The minimum Gasteiger partial charge on any atom is -0.491 e. The second-order valence-electron chi connectivity index (χ2n) is 4.18. The monoisotopic (exact) mass is 310 g/mol. The number of carboxylic acid groups (broad SMARTS) is 1. The smallest absolute Gasteiger partial charge is 0.314 e. The van der Waals surface area contributed by atoms with Crippen molar-refractivity contribution in [2.24, 2.45) is 0 Å². The molecule has 1 N–H and O–H groups in total. The van der Waals surface area contributed by atoms with Crippen LogP contribution in [0.5, 0.6) is 5.75 Å². The van der Waals surface area contributed by atoms with E-state index in [-0.39, 0.29) is 6.61 Å². The summed E-state index contributed by atoms with van der Waals surface area (Å²) in [6.07, 6.45) is 0. The van der Waals surface area contributed by atoms with Crippen LogP contribution in [0.25, 0.3) is 0 Å². The number of aliphatic carboxylic acids is 1. The normalized spacial score (nSPS) is 11.9. The number of para-hydroxylation sites is 1. The van der Waals surface area contributed by atoms with E-state index in [0.717, 1.165) is 0 Å². The minimum atomic E-state index is -0.959. The molecule has 0 radical (unpaired) electrons. The highest BCUT2D eigenvalue weighted by molar-refractivity contribution is 6.32. The third-order valence-electron chi connectivity index (χ3n) is 2.81. The molecule has 0 saturated carbocycles. The third kappa shape index (κ3) is 3.65. The predicted octanol–water partition coefficient (Wildman–Crippen LogP) is 4.24. The predicted molar refractivity (Wildman–Crippen MR) is 78.8 cm³/mol. The maximum Gasteiger partial charge on any atom is 0.314 e. The topological polar surface area (TPSA) is 46.5 Å². The first-order valence-corrected chi connectivity index (χ1v) is 6.69. The van der Waals surface area contributed by atoms with Crippen molar-refractivity contribution >= 4 is 29.2 Å². The Labute approximate surface area is 126 Å². The standard InChI is InChI=1S/C15H12Cl2O3/c16-11-7-5-10(6-8-11)12(15(18)19)9-20-14-4-2-1-3-13(14)17/h1-8,12H,9H2,(H,18,19). The zero-order valence-corrected chi connectivity index (χ0v) is 11.9. The van der Waals surface area contributed by atoms with E-state index in [1.54, 1.807) is 48.5 Å². The lowest BCUT2D eigenvalue weighted by molar-refractivity contribution is -0.139. The lowest BCUT2D eigenvalue weighted by Crippen LogP contribution is -2.19. The largest absolute Gasteiger partial charge is 0.491 e. The van der Waals surface area contributed by atoms with Gasteiger partial charge >= 0.3 is 5.97 Å². The SMILES string of the molecule is O=C(O)C(COc1ccccc1Cl)c1ccc(Cl)cc1. The molecule has 0 amide bonds. The molecule has 2 rings (SSSR count). The molecule has 104 valence electrons. The van der Waals surface area contributed by atoms with Gasteiger partial charge in [-0.3, -0.25) is 4.79 Å². The highest BCUT2D eigenvalue weighted by Crippen LogP contribution is 2.26. The van der Waals surface area contributed by atoms with Crippen LogP contribution in [0, 0.1) is 0 Å². The van der Waals surface area contributed by atoms with Gasteiger partial charge < -0.3 is 9.84 Å². The lowest BCUT2D eigenvalue weighted by Gasteiger charge is -2.15. The zero-order valence-electron chi connectivity index (χ0n) is 10.4. The molecule has 0 aliphatic rings. The molecule has 2 aromatic rings. The van der Waals surface area contributed by atoms with Gasteiger partial charge in [0.1, 0.15) is 18.3 Å². The highest BCUT2D eigenvalue weighted by Gasteiger charge is 2.21. The molecule has 0 aliphatic carbocycles. The van der Waals surface area contributed by atoms with Gasteiger partial charge in [-0.2, -0.15) is 0 Å². The zero-order chi connectivity index (χ0) is 14.5. The van der Waals surface area contributed by atoms with Crippen molar-refractivity contribution in [2.75, 3.05) is 6.61 Å². The van der Waals surface area contributed by atoms with Crippen LogP contribution in [0.1, 0.15) is 11.5 Å². The first-order chi connectivity index (χ1) is 9.58. The van der Waals surface area contributed by atoms with Crippen molar-refractivity contribution in [2.45, 2.75) is 5.92 Å². The van der Waals surface area contributed by atoms with Gasteiger partial charge in [0, 0.05) is 5.02 Å². The first-order valence-electron chi connectivity index (χ1n) is 5.93. The molecule has 0 aromatic heterocycles. The van der Waals surface area contributed by atoms with Gasteiger partial charge in [-0.05, 0) is 29.8 Å². The number of rotatable bonds is 5. The van der Waals surface area contributed by atoms with E-state index in [0.29, 0.717) is 21.4 Å². The van der Waals surface area contributed by atoms with Crippen molar-refractivity contribution in [3.8, 4) is 5.75 Å². The Morgan fingerprint density at radius 3 is 2.35 bits per heavy atom. The van der Waals surface area contributed by atoms with E-state index in [9.17, 15) is 9.90 Å². The van der Waals surface area contributed by atoms with Crippen molar-refractivity contribution in [3.05, 3.63) is 64.1 Å². The molecular formula is C15H12Cl2O3. The van der Waals surface area contributed by atoms with Gasteiger partial charge in [0.15, 0.2) is 0 Å². The number of carbonyl (C=O) groups is 1. The molecule has 3 nitrogen and oxygen atoms in total. The van der Waals surface area contributed by atoms with Crippen molar-refractivity contribution < 1.29 is 14.6 Å². The summed E-state index contributed by atoms with van der Waals surface area (Å²) in [4.78, 5) is 11.3. The number of carboxylic acids is 1. The van der Waals surface area contributed by atoms with Crippen LogP contribution in [0.4, 0.5) is 0 Å². The Kier molecular flexibility index (Phi) is 4.88. The van der Waals surface area contributed by atoms with Gasteiger partial charge in [-0.25, -0.2) is 0 Å². The average molecular weight is 311 g/mol. The molecule has 2 aromatic carbocycles. The second-order valence-corrected chi connectivity index (χ2v) is 5.03. The Morgan fingerprint density at radius 2 is 1.75 bits per heavy atom. The fourth-order valence-corrected chi connectivity index (χ4v) is 2.06. The summed E-state index contributed by atoms with van der Waals surface area (Å²) in [5.74, 6) is -1.27. The van der Waals surface area contributed by atoms with Crippen LogP contribution in [0.2, 0.25) is 10.0 Å². The summed E-state index contributed by atoms with van der Waals surface area (Å²) in [5, 5.41) is 10.3. The van der Waals surface area contributed by atoms with E-state index < -0.39 is 11.9 Å². The molecule has 0 heterocycles. The summed E-state index contributed by atoms with van der Waals surface area (Å²) in [6.45, 7) is 0.000693. The number of hydrogen-bond acceptors (Lipinski definition) is 2. The average Bonchev–Trinajstić information content (AvgIpc) is 2.42. The van der Waals surface area contributed by atoms with Crippen LogP contribution in [0.15, 0.2) is 48.5 Å². The van der Waals surface area contributed by atoms with Crippen LogP contribution < -0.4 is 4.74 Å². The molecule has 0 spiro atoms.